The van der Waals surface area contributed by atoms with Gasteiger partial charge in [0.1, 0.15) is 6.61 Å². The second-order valence-corrected chi connectivity index (χ2v) is 2.21. The van der Waals surface area contributed by atoms with Crippen molar-refractivity contribution in [1.82, 2.24) is 0 Å². The minimum Gasteiger partial charge on any atom is -0.464 e. The van der Waals surface area contributed by atoms with Crippen LogP contribution in [0.1, 0.15) is 26.7 Å². The van der Waals surface area contributed by atoms with Gasteiger partial charge in [-0.3, -0.25) is 0 Å². The second kappa shape index (κ2) is 7.54. The molecule has 0 spiro atoms. The first-order chi connectivity index (χ1) is 5.31. The fraction of sp³-hybridized carbons (Fsp3) is 0.875. The van der Waals surface area contributed by atoms with Crippen molar-refractivity contribution in [2.24, 2.45) is 0 Å². The van der Waals surface area contributed by atoms with Gasteiger partial charge in [-0.05, 0) is 13.3 Å². The van der Waals surface area contributed by atoms with Gasteiger partial charge in [0.25, 0.3) is 0 Å². The lowest BCUT2D eigenvalue weighted by Crippen LogP contribution is -2.13. The molecule has 0 bridgehead atoms. The first-order valence-corrected chi connectivity index (χ1v) is 4.04. The second-order valence-electron chi connectivity index (χ2n) is 2.21. The summed E-state index contributed by atoms with van der Waals surface area (Å²) >= 11 is 0. The Morgan fingerprint density at radius 2 is 2.09 bits per heavy atom. The van der Waals surface area contributed by atoms with Crippen molar-refractivity contribution >= 4 is 5.97 Å². The summed E-state index contributed by atoms with van der Waals surface area (Å²) in [6.07, 6.45) is 1.97. The molecule has 0 aliphatic carbocycles. The predicted molar refractivity (Wildman–Crippen MR) is 42.4 cm³/mol. The van der Waals surface area contributed by atoms with Gasteiger partial charge < -0.3 is 9.47 Å². The highest BCUT2D eigenvalue weighted by molar-refractivity contribution is 5.70. The molecule has 0 aliphatic rings. The lowest BCUT2D eigenvalue weighted by molar-refractivity contribution is -0.148. The summed E-state index contributed by atoms with van der Waals surface area (Å²) in [6.45, 7) is 5.06. The molecule has 0 N–H and O–H groups in total. The predicted octanol–water partition coefficient (Wildman–Crippen LogP) is 1.37. The van der Waals surface area contributed by atoms with Crippen LogP contribution in [0.15, 0.2) is 0 Å². The Kier molecular flexibility index (Phi) is 7.15. The Morgan fingerprint density at radius 1 is 1.36 bits per heavy atom. The largest absolute Gasteiger partial charge is 0.464 e. The average Bonchev–Trinajstić information content (AvgIpc) is 2.01. The fourth-order valence-electron chi connectivity index (χ4n) is 0.557. The van der Waals surface area contributed by atoms with Gasteiger partial charge in [0.15, 0.2) is 0 Å². The molecule has 3 nitrogen and oxygen atoms in total. The molecule has 0 rings (SSSR count). The van der Waals surface area contributed by atoms with E-state index in [2.05, 4.69) is 6.92 Å². The quantitative estimate of drug-likeness (QED) is 0.435. The van der Waals surface area contributed by atoms with Crippen LogP contribution >= 0.6 is 0 Å². The van der Waals surface area contributed by atoms with E-state index < -0.39 is 0 Å². The molecule has 0 aliphatic heterocycles. The van der Waals surface area contributed by atoms with Gasteiger partial charge in [-0.1, -0.05) is 13.3 Å². The normalized spacial score (nSPS) is 9.64. The topological polar surface area (TPSA) is 35.5 Å². The molecule has 0 radical (unpaired) electrons. The molecular weight excluding hydrogens is 144 g/mol. The van der Waals surface area contributed by atoms with Gasteiger partial charge in [-0.25, -0.2) is 4.79 Å². The van der Waals surface area contributed by atoms with Crippen molar-refractivity contribution in [1.29, 1.82) is 0 Å². The number of rotatable bonds is 6. The average molecular weight is 160 g/mol. The molecule has 0 saturated carbocycles. The summed E-state index contributed by atoms with van der Waals surface area (Å²) < 4.78 is 9.67. The monoisotopic (exact) mass is 160 g/mol. The van der Waals surface area contributed by atoms with Crippen molar-refractivity contribution in [3.63, 3.8) is 0 Å². The summed E-state index contributed by atoms with van der Waals surface area (Å²) in [7, 11) is 0. The van der Waals surface area contributed by atoms with Crippen LogP contribution in [0.4, 0.5) is 0 Å². The molecule has 0 atom stereocenters. The Labute approximate surface area is 67.7 Å². The minimum atomic E-state index is -0.264. The van der Waals surface area contributed by atoms with Crippen LogP contribution in [0.25, 0.3) is 0 Å². The Balaban J connectivity index is 3.09. The van der Waals surface area contributed by atoms with Crippen LogP contribution < -0.4 is 0 Å². The molecule has 0 heterocycles. The maximum absolute atomic E-state index is 10.7. The van der Waals surface area contributed by atoms with E-state index in [0.29, 0.717) is 13.2 Å². The number of carbonyl (C=O) groups excluding carboxylic acids is 1. The fourth-order valence-corrected chi connectivity index (χ4v) is 0.557. The van der Waals surface area contributed by atoms with Gasteiger partial charge in [-0.15, -0.1) is 0 Å². The highest BCUT2D eigenvalue weighted by Crippen LogP contribution is 1.88. The highest BCUT2D eigenvalue weighted by Gasteiger charge is 1.99. The lowest BCUT2D eigenvalue weighted by atomic mass is 10.4. The van der Waals surface area contributed by atoms with Crippen LogP contribution in [0.5, 0.6) is 0 Å². The highest BCUT2D eigenvalue weighted by atomic mass is 16.6. The number of hydrogen-bond acceptors (Lipinski definition) is 3. The Morgan fingerprint density at radius 3 is 2.64 bits per heavy atom. The van der Waals surface area contributed by atoms with Gasteiger partial charge in [0, 0.05) is 6.61 Å². The van der Waals surface area contributed by atoms with Gasteiger partial charge in [0.05, 0.1) is 6.61 Å². The van der Waals surface area contributed by atoms with Crippen molar-refractivity contribution in [2.45, 2.75) is 26.7 Å². The minimum absolute atomic E-state index is 0.0835. The number of carbonyl (C=O) groups is 1. The third kappa shape index (κ3) is 7.33. The van der Waals surface area contributed by atoms with E-state index in [1.807, 2.05) is 6.92 Å². The van der Waals surface area contributed by atoms with E-state index >= 15 is 0 Å². The van der Waals surface area contributed by atoms with E-state index in [9.17, 15) is 4.79 Å². The number of hydrogen-bond donors (Lipinski definition) is 0. The first-order valence-electron chi connectivity index (χ1n) is 4.04. The van der Waals surface area contributed by atoms with Crippen LogP contribution in [0.3, 0.4) is 0 Å². The molecule has 66 valence electrons. The molecule has 0 aromatic rings. The molecule has 0 amide bonds. The zero-order valence-corrected chi connectivity index (χ0v) is 7.26. The SMILES string of the molecule is CCCCOC(=O)COCC. The van der Waals surface area contributed by atoms with Crippen molar-refractivity contribution in [2.75, 3.05) is 19.8 Å². The summed E-state index contributed by atoms with van der Waals surface area (Å²) in [5, 5.41) is 0. The van der Waals surface area contributed by atoms with Crippen LogP contribution in [-0.4, -0.2) is 25.8 Å². The first kappa shape index (κ1) is 10.4. The summed E-state index contributed by atoms with van der Waals surface area (Å²) in [6, 6.07) is 0. The zero-order chi connectivity index (χ0) is 8.53. The molecular formula is C8H16O3. The van der Waals surface area contributed by atoms with Gasteiger partial charge >= 0.3 is 5.97 Å². The number of ether oxygens (including phenoxy) is 2. The third-order valence-electron chi connectivity index (χ3n) is 1.18. The summed E-state index contributed by atoms with van der Waals surface area (Å²) in [5.41, 5.74) is 0. The zero-order valence-electron chi connectivity index (χ0n) is 7.26. The van der Waals surface area contributed by atoms with Crippen molar-refractivity contribution in [3.8, 4) is 0 Å². The van der Waals surface area contributed by atoms with Crippen LogP contribution in [0, 0.1) is 0 Å². The molecule has 3 heteroatoms. The van der Waals surface area contributed by atoms with E-state index in [0.717, 1.165) is 12.8 Å². The smallest absolute Gasteiger partial charge is 0.332 e. The molecule has 0 aromatic carbocycles. The Hall–Kier alpha value is -0.570. The van der Waals surface area contributed by atoms with Crippen LogP contribution in [-0.2, 0) is 14.3 Å². The van der Waals surface area contributed by atoms with Crippen molar-refractivity contribution in [3.05, 3.63) is 0 Å². The molecule has 11 heavy (non-hydrogen) atoms. The molecule has 0 aromatic heterocycles. The van der Waals surface area contributed by atoms with E-state index in [4.69, 9.17) is 9.47 Å². The number of esters is 1. The third-order valence-corrected chi connectivity index (χ3v) is 1.18. The van der Waals surface area contributed by atoms with Crippen LogP contribution in [0.2, 0.25) is 0 Å². The van der Waals surface area contributed by atoms with E-state index in [1.54, 1.807) is 0 Å². The van der Waals surface area contributed by atoms with Crippen molar-refractivity contribution < 1.29 is 14.3 Å². The number of unbranched alkanes of at least 4 members (excludes halogenated alkanes) is 1. The maximum atomic E-state index is 10.7. The molecule has 0 unspecified atom stereocenters. The summed E-state index contributed by atoms with van der Waals surface area (Å²) in [5.74, 6) is -0.264. The maximum Gasteiger partial charge on any atom is 0.332 e. The van der Waals surface area contributed by atoms with Gasteiger partial charge in [0.2, 0.25) is 0 Å². The van der Waals surface area contributed by atoms with E-state index in [1.165, 1.54) is 0 Å². The summed E-state index contributed by atoms with van der Waals surface area (Å²) in [4.78, 5) is 10.7. The van der Waals surface area contributed by atoms with E-state index in [-0.39, 0.29) is 12.6 Å². The van der Waals surface area contributed by atoms with Gasteiger partial charge in [-0.2, -0.15) is 0 Å². The molecule has 0 fully saturated rings. The Bertz CT molecular complexity index is 102. The standard InChI is InChI=1S/C8H16O3/c1-3-5-6-11-8(9)7-10-4-2/h3-7H2,1-2H3. The lowest BCUT2D eigenvalue weighted by Gasteiger charge is -2.02. The molecule has 0 saturated heterocycles.